The number of rotatable bonds is 10. The molecule has 9 nitrogen and oxygen atoms in total. The number of aromatic nitrogens is 3. The molecule has 3 aromatic rings. The van der Waals surface area contributed by atoms with Crippen LogP contribution in [0.3, 0.4) is 0 Å². The smallest absolute Gasteiger partial charge is 0.293 e. The maximum Gasteiger partial charge on any atom is 0.293 e. The van der Waals surface area contributed by atoms with Crippen molar-refractivity contribution < 1.29 is 22.4 Å². The molecule has 0 bridgehead atoms. The highest BCUT2D eigenvalue weighted by molar-refractivity contribution is 7.89. The number of benzene rings is 1. The van der Waals surface area contributed by atoms with Crippen molar-refractivity contribution in [3.8, 4) is 21.3 Å². The highest BCUT2D eigenvalue weighted by Gasteiger charge is 2.36. The Morgan fingerprint density at radius 2 is 1.97 bits per heavy atom. The maximum absolute atomic E-state index is 12.7. The highest BCUT2D eigenvalue weighted by Crippen LogP contribution is 2.45. The number of thiazole rings is 1. The van der Waals surface area contributed by atoms with Gasteiger partial charge in [0.15, 0.2) is 5.01 Å². The summed E-state index contributed by atoms with van der Waals surface area (Å²) in [6, 6.07) is 2.85. The molecule has 1 aromatic carbocycles. The number of nitrogens with zero attached hydrogens (tertiary/aromatic N) is 3. The molecule has 0 atom stereocenters. The molecule has 0 amide bonds. The van der Waals surface area contributed by atoms with E-state index in [0.717, 1.165) is 29.8 Å². The minimum atomic E-state index is -3.82. The van der Waals surface area contributed by atoms with Crippen LogP contribution in [0.1, 0.15) is 63.5 Å². The number of hydrogen-bond acceptors (Lipinski definition) is 9. The highest BCUT2D eigenvalue weighted by atomic mass is 35.5. The van der Waals surface area contributed by atoms with Crippen molar-refractivity contribution in [2.75, 3.05) is 0 Å². The molecule has 0 aliphatic heterocycles. The largest absolute Gasteiger partial charge is 0.465 e. The van der Waals surface area contributed by atoms with Crippen molar-refractivity contribution in [2.24, 2.45) is 5.92 Å². The Morgan fingerprint density at radius 3 is 2.62 bits per heavy atom. The average Bonchev–Trinajstić information content (AvgIpc) is 3.41. The molecule has 2 aliphatic carbocycles. The van der Waals surface area contributed by atoms with Crippen molar-refractivity contribution in [3.05, 3.63) is 33.8 Å². The Balaban J connectivity index is 1.48. The van der Waals surface area contributed by atoms with E-state index in [-0.39, 0.29) is 33.0 Å². The van der Waals surface area contributed by atoms with Crippen molar-refractivity contribution in [1.82, 2.24) is 19.9 Å². The summed E-state index contributed by atoms with van der Waals surface area (Å²) in [4.78, 5) is 16.1. The van der Waals surface area contributed by atoms with E-state index in [0.29, 0.717) is 47.6 Å². The third-order valence-corrected chi connectivity index (χ3v) is 10.5. The molecule has 0 spiro atoms. The van der Waals surface area contributed by atoms with E-state index in [2.05, 4.69) is 14.9 Å². The standard InChI is InChI=1S/C24H26Cl2N4O5S2/c1-12(2)30-37(32,33)18-7-6-16(19(25)20(18)26)21-17(8-13-4-3-5-13)27-24(36-21)23-29-28-22(35-23)14-9-15(10-14)34-11-31/h6-7,11-15,30H,3-5,8-10H2,1-2H3. The lowest BCUT2D eigenvalue weighted by atomic mass is 9.82. The summed E-state index contributed by atoms with van der Waals surface area (Å²) < 4.78 is 38.9. The fourth-order valence-corrected chi connectivity index (χ4v) is 7.71. The van der Waals surface area contributed by atoms with Crippen LogP contribution < -0.4 is 4.72 Å². The van der Waals surface area contributed by atoms with Crippen LogP contribution in [-0.2, 0) is 26.0 Å². The monoisotopic (exact) mass is 584 g/mol. The number of ether oxygens (including phenoxy) is 1. The third kappa shape index (κ3) is 5.42. The molecule has 0 radical (unpaired) electrons. The Morgan fingerprint density at radius 1 is 1.22 bits per heavy atom. The lowest BCUT2D eigenvalue weighted by Gasteiger charge is -2.30. The first kappa shape index (κ1) is 26.6. The molecule has 13 heteroatoms. The quantitative estimate of drug-likeness (QED) is 0.304. The van der Waals surface area contributed by atoms with Crippen LogP contribution in [-0.4, -0.2) is 42.2 Å². The van der Waals surface area contributed by atoms with Gasteiger partial charge in [-0.2, -0.15) is 0 Å². The van der Waals surface area contributed by atoms with Gasteiger partial charge in [-0.1, -0.05) is 48.5 Å². The zero-order chi connectivity index (χ0) is 26.3. The Bertz CT molecular complexity index is 1410. The molecular weight excluding hydrogens is 559 g/mol. The van der Waals surface area contributed by atoms with Crippen LogP contribution in [0.15, 0.2) is 21.4 Å². The van der Waals surface area contributed by atoms with Gasteiger partial charge < -0.3 is 9.15 Å². The van der Waals surface area contributed by atoms with Crippen LogP contribution >= 0.6 is 34.5 Å². The molecule has 1 N–H and O–H groups in total. The average molecular weight is 586 g/mol. The second kappa shape index (κ2) is 10.6. The van der Waals surface area contributed by atoms with E-state index < -0.39 is 10.0 Å². The summed E-state index contributed by atoms with van der Waals surface area (Å²) in [5.74, 6) is 1.37. The molecule has 0 saturated heterocycles. The summed E-state index contributed by atoms with van der Waals surface area (Å²) >= 11 is 14.5. The first-order chi connectivity index (χ1) is 17.7. The molecule has 2 fully saturated rings. The summed E-state index contributed by atoms with van der Waals surface area (Å²) in [7, 11) is -3.82. The normalized spacial score (nSPS) is 20.0. The predicted octanol–water partition coefficient (Wildman–Crippen LogP) is 5.62. The maximum atomic E-state index is 12.7. The van der Waals surface area contributed by atoms with Gasteiger partial charge in [0.2, 0.25) is 15.9 Å². The van der Waals surface area contributed by atoms with Crippen LogP contribution in [0.5, 0.6) is 0 Å². The fraction of sp³-hybridized carbons (Fsp3) is 0.500. The topological polar surface area (TPSA) is 124 Å². The van der Waals surface area contributed by atoms with Gasteiger partial charge >= 0.3 is 0 Å². The molecule has 37 heavy (non-hydrogen) atoms. The Labute approximate surface area is 229 Å². The van der Waals surface area contributed by atoms with Crippen molar-refractivity contribution in [1.29, 1.82) is 0 Å². The summed E-state index contributed by atoms with van der Waals surface area (Å²) in [6.07, 6.45) is 5.40. The minimum absolute atomic E-state index is 0.0333. The molecule has 0 unspecified atom stereocenters. The van der Waals surface area contributed by atoms with E-state index in [1.54, 1.807) is 19.9 Å². The van der Waals surface area contributed by atoms with Crippen LogP contribution in [0.25, 0.3) is 21.3 Å². The Hall–Kier alpha value is -2.05. The van der Waals surface area contributed by atoms with Gasteiger partial charge in [-0.05, 0) is 45.1 Å². The van der Waals surface area contributed by atoms with E-state index in [1.165, 1.54) is 23.8 Å². The van der Waals surface area contributed by atoms with Gasteiger partial charge in [-0.3, -0.25) is 4.79 Å². The van der Waals surface area contributed by atoms with E-state index in [9.17, 15) is 13.2 Å². The van der Waals surface area contributed by atoms with Gasteiger partial charge in [0.25, 0.3) is 12.4 Å². The van der Waals surface area contributed by atoms with Crippen molar-refractivity contribution in [2.45, 2.75) is 75.3 Å². The Kier molecular flexibility index (Phi) is 7.61. The number of halogens is 2. The predicted molar refractivity (Wildman–Crippen MR) is 140 cm³/mol. The van der Waals surface area contributed by atoms with E-state index in [1.807, 2.05) is 0 Å². The zero-order valence-electron chi connectivity index (χ0n) is 20.2. The third-order valence-electron chi connectivity index (χ3n) is 6.69. The second-order valence-electron chi connectivity index (χ2n) is 9.78. The SMILES string of the molecule is CC(C)NS(=O)(=O)c1ccc(-c2sc(-c3nnc(C4CC(OC=O)C4)o3)nc2CC2CCC2)c(Cl)c1Cl. The second-order valence-corrected chi connectivity index (χ2v) is 13.2. The lowest BCUT2D eigenvalue weighted by molar-refractivity contribution is -0.138. The van der Waals surface area contributed by atoms with Gasteiger partial charge in [-0.25, -0.2) is 18.1 Å². The number of carbonyl (C=O) groups is 1. The molecule has 2 saturated carbocycles. The first-order valence-electron chi connectivity index (χ1n) is 12.1. The number of carbonyl (C=O) groups excluding carboxylic acids is 1. The number of nitrogens with one attached hydrogen (secondary N) is 1. The number of sulfonamides is 1. The zero-order valence-corrected chi connectivity index (χ0v) is 23.4. The van der Waals surface area contributed by atoms with Crippen LogP contribution in [0, 0.1) is 5.92 Å². The minimum Gasteiger partial charge on any atom is -0.465 e. The number of hydrogen-bond donors (Lipinski definition) is 1. The van der Waals surface area contributed by atoms with Crippen molar-refractivity contribution >= 4 is 51.0 Å². The van der Waals surface area contributed by atoms with Crippen LogP contribution in [0.4, 0.5) is 0 Å². The molecule has 2 aliphatic rings. The van der Waals surface area contributed by atoms with Gasteiger partial charge in [-0.15, -0.1) is 21.5 Å². The summed E-state index contributed by atoms with van der Waals surface area (Å²) in [6.45, 7) is 3.93. The lowest BCUT2D eigenvalue weighted by Crippen LogP contribution is -2.30. The molecule has 198 valence electrons. The molecule has 5 rings (SSSR count). The molecular formula is C24H26Cl2N4O5S2. The molecule has 2 aromatic heterocycles. The van der Waals surface area contributed by atoms with Crippen molar-refractivity contribution in [3.63, 3.8) is 0 Å². The van der Waals surface area contributed by atoms with Gasteiger partial charge in [0.1, 0.15) is 11.0 Å². The fourth-order valence-electron chi connectivity index (χ4n) is 4.49. The summed E-state index contributed by atoms with van der Waals surface area (Å²) in [5.41, 5.74) is 1.46. The first-order valence-corrected chi connectivity index (χ1v) is 15.1. The van der Waals surface area contributed by atoms with Gasteiger partial charge in [0.05, 0.1) is 20.6 Å². The van der Waals surface area contributed by atoms with Gasteiger partial charge in [0, 0.05) is 17.5 Å². The van der Waals surface area contributed by atoms with E-state index in [4.69, 9.17) is 37.3 Å². The summed E-state index contributed by atoms with van der Waals surface area (Å²) in [5, 5.41) is 9.08. The van der Waals surface area contributed by atoms with Crippen LogP contribution in [0.2, 0.25) is 10.0 Å². The molecule has 2 heterocycles. The van der Waals surface area contributed by atoms with E-state index >= 15 is 0 Å².